The number of rotatable bonds is 7. The van der Waals surface area contributed by atoms with Crippen LogP contribution in [0.5, 0.6) is 0 Å². The zero-order valence-electron chi connectivity index (χ0n) is 13.5. The van der Waals surface area contributed by atoms with Crippen molar-refractivity contribution < 1.29 is 18.9 Å². The highest BCUT2D eigenvalue weighted by atomic mass is 19.1. The summed E-state index contributed by atoms with van der Waals surface area (Å²) in [4.78, 5) is 34.1. The van der Waals surface area contributed by atoms with Crippen LogP contribution < -0.4 is 16.2 Å². The van der Waals surface area contributed by atoms with Crippen LogP contribution >= 0.6 is 0 Å². The number of amides is 2. The molecule has 0 bridgehead atoms. The van der Waals surface area contributed by atoms with E-state index in [0.29, 0.717) is 5.69 Å². The molecule has 2 aromatic rings. The average molecular weight is 358 g/mol. The molecule has 0 spiro atoms. The van der Waals surface area contributed by atoms with Crippen molar-refractivity contribution in [2.24, 2.45) is 0 Å². The van der Waals surface area contributed by atoms with Gasteiger partial charge in [-0.3, -0.25) is 25.1 Å². The number of carbonyl (C=O) groups excluding carboxylic acids is 2. The van der Waals surface area contributed by atoms with Gasteiger partial charge >= 0.3 is 0 Å². The highest BCUT2D eigenvalue weighted by Gasteiger charge is 2.19. The number of carbonyl (C=O) groups is 2. The molecule has 0 aromatic heterocycles. The third kappa shape index (κ3) is 5.13. The Balaban J connectivity index is 1.86. The van der Waals surface area contributed by atoms with Crippen LogP contribution in [0.4, 0.5) is 15.8 Å². The second kappa shape index (κ2) is 8.38. The number of nitrogens with zero attached hydrogens (tertiary/aromatic N) is 1. The number of nitrogens with one attached hydrogen (secondary N) is 3. The minimum Gasteiger partial charge on any atom is -0.326 e. The number of nitro groups is 1. The normalized spacial score (nSPS) is 9.88. The molecule has 9 heteroatoms. The van der Waals surface area contributed by atoms with Crippen molar-refractivity contribution >= 4 is 23.2 Å². The van der Waals surface area contributed by atoms with Gasteiger partial charge in [-0.15, -0.1) is 0 Å². The van der Waals surface area contributed by atoms with E-state index < -0.39 is 22.6 Å². The molecular formula is C17H15FN4O4. The van der Waals surface area contributed by atoms with Gasteiger partial charge in [-0.25, -0.2) is 4.39 Å². The molecule has 0 aliphatic carbocycles. The van der Waals surface area contributed by atoms with Gasteiger partial charge in [0.2, 0.25) is 5.91 Å². The summed E-state index contributed by atoms with van der Waals surface area (Å²) >= 11 is 0. The van der Waals surface area contributed by atoms with Crippen molar-refractivity contribution in [1.29, 1.82) is 0 Å². The number of hydrogen-bond donors (Lipinski definition) is 3. The van der Waals surface area contributed by atoms with Crippen molar-refractivity contribution in [3.8, 4) is 0 Å². The monoisotopic (exact) mass is 358 g/mol. The first kappa shape index (κ1) is 18.6. The van der Waals surface area contributed by atoms with E-state index in [4.69, 9.17) is 0 Å². The second-order valence-corrected chi connectivity index (χ2v) is 5.19. The molecule has 0 aliphatic rings. The van der Waals surface area contributed by atoms with Crippen LogP contribution in [-0.2, 0) is 4.79 Å². The van der Waals surface area contributed by atoms with Crippen LogP contribution in [0.1, 0.15) is 16.8 Å². The molecule has 0 fully saturated rings. The Morgan fingerprint density at radius 1 is 1.08 bits per heavy atom. The van der Waals surface area contributed by atoms with E-state index in [1.807, 2.05) is 0 Å². The van der Waals surface area contributed by atoms with E-state index in [-0.39, 0.29) is 23.4 Å². The molecule has 0 saturated carbocycles. The number of hydrogen-bond acceptors (Lipinski definition) is 5. The summed E-state index contributed by atoms with van der Waals surface area (Å²) in [5.41, 5.74) is 4.79. The van der Waals surface area contributed by atoms with Gasteiger partial charge in [0.1, 0.15) is 11.4 Å². The smallest absolute Gasteiger partial charge is 0.282 e. The molecule has 134 valence electrons. The van der Waals surface area contributed by atoms with Gasteiger partial charge < -0.3 is 10.7 Å². The van der Waals surface area contributed by atoms with Gasteiger partial charge in [-0.05, 0) is 30.3 Å². The summed E-state index contributed by atoms with van der Waals surface area (Å²) < 4.78 is 12.8. The Bertz CT molecular complexity index is 852. The van der Waals surface area contributed by atoms with Crippen LogP contribution in [0.2, 0.25) is 0 Å². The summed E-state index contributed by atoms with van der Waals surface area (Å²) in [6.07, 6.45) is -0.172. The number of hydrazine groups is 1. The molecule has 2 aromatic carbocycles. The predicted molar refractivity (Wildman–Crippen MR) is 92.5 cm³/mol. The molecule has 8 nitrogen and oxygen atoms in total. The molecule has 26 heavy (non-hydrogen) atoms. The van der Waals surface area contributed by atoms with E-state index in [1.165, 1.54) is 48.5 Å². The Morgan fingerprint density at radius 3 is 2.38 bits per heavy atom. The van der Waals surface area contributed by atoms with Gasteiger partial charge in [0.15, 0.2) is 0 Å². The van der Waals surface area contributed by atoms with Crippen molar-refractivity contribution in [3.63, 3.8) is 0 Å². The SMILES string of the molecule is C=C(CC(=O)Nc1ccc(F)cc1)NNC(=O)c1ccccc1[N+](=O)[O-]. The summed E-state index contributed by atoms with van der Waals surface area (Å²) in [5.74, 6) is -1.60. The molecule has 2 amide bonds. The Kier molecular flexibility index (Phi) is 5.99. The Hall–Kier alpha value is -3.75. The van der Waals surface area contributed by atoms with Gasteiger partial charge in [-0.2, -0.15) is 0 Å². The fourth-order valence-electron chi connectivity index (χ4n) is 2.01. The van der Waals surface area contributed by atoms with Crippen molar-refractivity contribution in [2.75, 3.05) is 5.32 Å². The lowest BCUT2D eigenvalue weighted by molar-refractivity contribution is -0.385. The van der Waals surface area contributed by atoms with Crippen molar-refractivity contribution in [2.45, 2.75) is 6.42 Å². The molecule has 0 atom stereocenters. The summed E-state index contributed by atoms with van der Waals surface area (Å²) in [7, 11) is 0. The van der Waals surface area contributed by atoms with E-state index in [9.17, 15) is 24.1 Å². The minimum atomic E-state index is -0.739. The lowest BCUT2D eigenvalue weighted by Gasteiger charge is -2.11. The topological polar surface area (TPSA) is 113 Å². The first-order chi connectivity index (χ1) is 12.4. The average Bonchev–Trinajstić information content (AvgIpc) is 2.61. The van der Waals surface area contributed by atoms with E-state index in [0.717, 1.165) is 0 Å². The highest BCUT2D eigenvalue weighted by Crippen LogP contribution is 2.17. The third-order valence-electron chi connectivity index (χ3n) is 3.20. The Morgan fingerprint density at radius 2 is 1.73 bits per heavy atom. The molecule has 0 heterocycles. The van der Waals surface area contributed by atoms with Gasteiger partial charge in [0.25, 0.3) is 11.6 Å². The van der Waals surface area contributed by atoms with Crippen molar-refractivity contribution in [3.05, 3.63) is 82.3 Å². The molecule has 3 N–H and O–H groups in total. The predicted octanol–water partition coefficient (Wildman–Crippen LogP) is 2.51. The highest BCUT2D eigenvalue weighted by molar-refractivity contribution is 5.98. The number of nitro benzene ring substituents is 1. The van der Waals surface area contributed by atoms with E-state index in [2.05, 4.69) is 22.7 Å². The van der Waals surface area contributed by atoms with Gasteiger partial charge in [-0.1, -0.05) is 18.7 Å². The maximum Gasteiger partial charge on any atom is 0.282 e. The number of halogens is 1. The van der Waals surface area contributed by atoms with Crippen LogP contribution in [0, 0.1) is 15.9 Å². The zero-order chi connectivity index (χ0) is 19.1. The van der Waals surface area contributed by atoms with Crippen molar-refractivity contribution in [1.82, 2.24) is 10.9 Å². The number of para-hydroxylation sites is 1. The summed E-state index contributed by atoms with van der Waals surface area (Å²) in [5, 5.41) is 13.5. The van der Waals surface area contributed by atoms with Gasteiger partial charge in [0, 0.05) is 17.5 Å². The fourth-order valence-corrected chi connectivity index (χ4v) is 2.01. The lowest BCUT2D eigenvalue weighted by Crippen LogP contribution is -2.37. The molecular weight excluding hydrogens is 343 g/mol. The zero-order valence-corrected chi connectivity index (χ0v) is 13.5. The first-order valence-electron chi connectivity index (χ1n) is 7.40. The van der Waals surface area contributed by atoms with Crippen LogP contribution in [0.15, 0.2) is 60.8 Å². The van der Waals surface area contributed by atoms with E-state index in [1.54, 1.807) is 0 Å². The largest absolute Gasteiger partial charge is 0.326 e. The van der Waals surface area contributed by atoms with Crippen LogP contribution in [0.3, 0.4) is 0 Å². The van der Waals surface area contributed by atoms with Gasteiger partial charge in [0.05, 0.1) is 11.3 Å². The van der Waals surface area contributed by atoms with Crippen LogP contribution in [0.25, 0.3) is 0 Å². The Labute approximate surface area is 147 Å². The first-order valence-corrected chi connectivity index (χ1v) is 7.40. The number of anilines is 1. The maximum atomic E-state index is 12.8. The van der Waals surface area contributed by atoms with Crippen LogP contribution in [-0.4, -0.2) is 16.7 Å². The molecule has 0 unspecified atom stereocenters. The molecule has 2 rings (SSSR count). The lowest BCUT2D eigenvalue weighted by atomic mass is 10.2. The number of benzene rings is 2. The summed E-state index contributed by atoms with van der Waals surface area (Å²) in [6, 6.07) is 10.7. The fraction of sp³-hybridized carbons (Fsp3) is 0.0588. The molecule has 0 saturated heterocycles. The molecule has 0 radical (unpaired) electrons. The third-order valence-corrected chi connectivity index (χ3v) is 3.20. The molecule has 0 aliphatic heterocycles. The summed E-state index contributed by atoms with van der Waals surface area (Å²) in [6.45, 7) is 3.59. The van der Waals surface area contributed by atoms with E-state index >= 15 is 0 Å². The maximum absolute atomic E-state index is 12.8. The minimum absolute atomic E-state index is 0.131. The second-order valence-electron chi connectivity index (χ2n) is 5.19. The quantitative estimate of drug-likeness (QED) is 0.520. The standard InChI is InChI=1S/C17H15FN4O4/c1-11(10-16(23)19-13-8-6-12(18)7-9-13)20-21-17(24)14-4-2-3-5-15(14)22(25)26/h2-9,20H,1,10H2,(H,19,23)(H,21,24).